The summed E-state index contributed by atoms with van der Waals surface area (Å²) >= 11 is 0. The smallest absolute Gasteiger partial charge is 0.342 e. The van der Waals surface area contributed by atoms with Crippen LogP contribution >= 0.6 is 0 Å². The Bertz CT molecular complexity index is 130. The van der Waals surface area contributed by atoms with Gasteiger partial charge < -0.3 is 4.74 Å². The average Bonchev–Trinajstić information content (AvgIpc) is 1.87. The third-order valence-corrected chi connectivity index (χ3v) is 0.701. The molecule has 0 aromatic heterocycles. The van der Waals surface area contributed by atoms with Crippen LogP contribution in [0.15, 0.2) is 12.1 Å². The molecule has 0 N–H and O–H groups in total. The quantitative estimate of drug-likeness (QED) is 0.453. The normalized spacial score (nSPS) is 12.5. The van der Waals surface area contributed by atoms with Crippen molar-refractivity contribution in [2.45, 2.75) is 19.7 Å². The Hall–Kier alpha value is -0.740. The highest BCUT2D eigenvalue weighted by Gasteiger charge is 2.11. The Kier molecular flexibility index (Phi) is 3.83. The molecule has 0 aliphatic heterocycles. The number of ether oxygens (including phenoxy) is 1. The van der Waals surface area contributed by atoms with E-state index in [4.69, 9.17) is 0 Å². The summed E-state index contributed by atoms with van der Waals surface area (Å²) in [4.78, 5) is 0. The molecule has 1 atom stereocenters. The second-order valence-corrected chi connectivity index (χ2v) is 1.47. The maximum absolute atomic E-state index is 11.9. The van der Waals surface area contributed by atoms with Gasteiger partial charge in [-0.2, -0.15) is 13.2 Å². The number of halogens is 4. The summed E-state index contributed by atoms with van der Waals surface area (Å²) in [6.07, 6.45) is -4.81. The van der Waals surface area contributed by atoms with Gasteiger partial charge in [0, 0.05) is 6.42 Å². The molecule has 60 valence electrons. The first-order valence-electron chi connectivity index (χ1n) is 2.59. The van der Waals surface area contributed by atoms with Gasteiger partial charge in [-0.1, -0.05) is 6.92 Å². The van der Waals surface area contributed by atoms with Crippen LogP contribution in [-0.2, 0) is 4.74 Å². The molecule has 0 aromatic rings. The zero-order valence-electron chi connectivity index (χ0n) is 5.20. The first-order valence-corrected chi connectivity index (χ1v) is 2.59. The molecule has 5 heteroatoms. The van der Waals surface area contributed by atoms with Crippen molar-refractivity contribution in [3.05, 3.63) is 12.1 Å². The second kappa shape index (κ2) is 4.14. The van der Waals surface area contributed by atoms with E-state index in [9.17, 15) is 17.6 Å². The van der Waals surface area contributed by atoms with E-state index in [-0.39, 0.29) is 6.42 Å². The van der Waals surface area contributed by atoms with E-state index in [0.29, 0.717) is 0 Å². The van der Waals surface area contributed by atoms with E-state index >= 15 is 0 Å². The first kappa shape index (κ1) is 9.26. The van der Waals surface area contributed by atoms with Gasteiger partial charge >= 0.3 is 12.1 Å². The van der Waals surface area contributed by atoms with Crippen LogP contribution < -0.4 is 0 Å². The lowest BCUT2D eigenvalue weighted by molar-refractivity contribution is -0.0336. The molecule has 0 heterocycles. The van der Waals surface area contributed by atoms with Gasteiger partial charge in [0.15, 0.2) is 0 Å². The fourth-order valence-electron chi connectivity index (χ4n) is 0.240. The van der Waals surface area contributed by atoms with Crippen molar-refractivity contribution >= 4 is 0 Å². The monoisotopic (exact) mass is 158 g/mol. The Morgan fingerprint density at radius 2 is 1.90 bits per heavy atom. The highest BCUT2D eigenvalue weighted by Crippen LogP contribution is 2.14. The minimum Gasteiger partial charge on any atom is -0.432 e. The van der Waals surface area contributed by atoms with Crippen molar-refractivity contribution in [2.24, 2.45) is 0 Å². The molecular formula is C5H6F4O. The van der Waals surface area contributed by atoms with Gasteiger partial charge in [0.2, 0.25) is 6.36 Å². The van der Waals surface area contributed by atoms with Crippen LogP contribution in [0, 0.1) is 0 Å². The average molecular weight is 158 g/mol. The Labute approximate surface area is 55.3 Å². The molecule has 1 unspecified atom stereocenters. The molecule has 0 aromatic carbocycles. The fraction of sp³-hybridized carbons (Fsp3) is 0.600. The standard InChI is InChI=1S/C5H6F4O/c1-2-3(6)10-5(9)4(7)8/h3H,2H2,1H3. The number of hydrogen-bond acceptors (Lipinski definition) is 1. The second-order valence-electron chi connectivity index (χ2n) is 1.47. The highest BCUT2D eigenvalue weighted by atomic mass is 19.3. The third kappa shape index (κ3) is 3.32. The Morgan fingerprint density at radius 1 is 1.40 bits per heavy atom. The van der Waals surface area contributed by atoms with Gasteiger partial charge in [-0.3, -0.25) is 0 Å². The van der Waals surface area contributed by atoms with Crippen LogP contribution in [0.2, 0.25) is 0 Å². The Morgan fingerprint density at radius 3 is 2.20 bits per heavy atom. The van der Waals surface area contributed by atoms with Crippen LogP contribution in [0.1, 0.15) is 13.3 Å². The van der Waals surface area contributed by atoms with Crippen molar-refractivity contribution in [2.75, 3.05) is 0 Å². The zero-order valence-corrected chi connectivity index (χ0v) is 5.20. The molecule has 0 rings (SSSR count). The van der Waals surface area contributed by atoms with E-state index in [1.165, 1.54) is 6.92 Å². The molecule has 0 spiro atoms. The summed E-state index contributed by atoms with van der Waals surface area (Å²) in [7, 11) is 0. The van der Waals surface area contributed by atoms with Gasteiger partial charge in [0.1, 0.15) is 0 Å². The molecule has 0 aliphatic carbocycles. The van der Waals surface area contributed by atoms with Gasteiger partial charge in [-0.15, -0.1) is 0 Å². The molecule has 0 saturated heterocycles. The number of alkyl halides is 1. The van der Waals surface area contributed by atoms with Crippen LogP contribution in [0.4, 0.5) is 17.6 Å². The molecule has 0 radical (unpaired) electrons. The fourth-order valence-corrected chi connectivity index (χ4v) is 0.240. The zero-order chi connectivity index (χ0) is 8.15. The van der Waals surface area contributed by atoms with E-state index in [2.05, 4.69) is 4.74 Å². The third-order valence-electron chi connectivity index (χ3n) is 0.701. The lowest BCUT2D eigenvalue weighted by Gasteiger charge is -2.04. The molecule has 0 bridgehead atoms. The van der Waals surface area contributed by atoms with Crippen molar-refractivity contribution in [3.63, 3.8) is 0 Å². The summed E-state index contributed by atoms with van der Waals surface area (Å²) in [5.74, 6) is 0. The maximum atomic E-state index is 11.9. The number of hydrogen-bond donors (Lipinski definition) is 0. The van der Waals surface area contributed by atoms with E-state index in [1.807, 2.05) is 0 Å². The Balaban J connectivity index is 3.79. The van der Waals surface area contributed by atoms with Gasteiger partial charge in [0.25, 0.3) is 0 Å². The predicted molar refractivity (Wildman–Crippen MR) is 26.6 cm³/mol. The van der Waals surface area contributed by atoms with E-state index in [0.717, 1.165) is 0 Å². The molecule has 0 amide bonds. The van der Waals surface area contributed by atoms with Crippen molar-refractivity contribution in [1.82, 2.24) is 0 Å². The van der Waals surface area contributed by atoms with Crippen molar-refractivity contribution < 1.29 is 22.3 Å². The summed E-state index contributed by atoms with van der Waals surface area (Å²) in [5.41, 5.74) is 0. The first-order chi connectivity index (χ1) is 4.57. The van der Waals surface area contributed by atoms with Crippen molar-refractivity contribution in [1.29, 1.82) is 0 Å². The lowest BCUT2D eigenvalue weighted by Crippen LogP contribution is -2.02. The molecular weight excluding hydrogens is 152 g/mol. The molecule has 0 aliphatic rings. The molecule has 0 fully saturated rings. The molecule has 1 nitrogen and oxygen atoms in total. The van der Waals surface area contributed by atoms with E-state index < -0.39 is 18.5 Å². The number of rotatable bonds is 3. The van der Waals surface area contributed by atoms with Gasteiger partial charge in [-0.05, 0) is 0 Å². The van der Waals surface area contributed by atoms with Gasteiger partial charge in [0.05, 0.1) is 0 Å². The van der Waals surface area contributed by atoms with Crippen LogP contribution in [0.3, 0.4) is 0 Å². The minimum absolute atomic E-state index is 0.166. The van der Waals surface area contributed by atoms with Crippen molar-refractivity contribution in [3.8, 4) is 0 Å². The largest absolute Gasteiger partial charge is 0.432 e. The minimum atomic E-state index is -2.64. The lowest BCUT2D eigenvalue weighted by atomic mass is 10.5. The predicted octanol–water partition coefficient (Wildman–Crippen LogP) is 2.74. The van der Waals surface area contributed by atoms with Crippen LogP contribution in [0.25, 0.3) is 0 Å². The molecule has 0 saturated carbocycles. The maximum Gasteiger partial charge on any atom is 0.342 e. The topological polar surface area (TPSA) is 9.23 Å². The van der Waals surface area contributed by atoms with Crippen LogP contribution in [0.5, 0.6) is 0 Å². The summed E-state index contributed by atoms with van der Waals surface area (Å²) in [6.45, 7) is 1.34. The van der Waals surface area contributed by atoms with Crippen LogP contribution in [-0.4, -0.2) is 6.36 Å². The van der Waals surface area contributed by atoms with Gasteiger partial charge in [-0.25, -0.2) is 4.39 Å². The SMILES string of the molecule is CCC(F)OC(F)=C(F)F. The summed E-state index contributed by atoms with van der Waals surface area (Å²) in [5, 5.41) is 0. The summed E-state index contributed by atoms with van der Waals surface area (Å²) < 4.78 is 49.3. The highest BCUT2D eigenvalue weighted by molar-refractivity contribution is 4.80. The molecule has 10 heavy (non-hydrogen) atoms. The summed E-state index contributed by atoms with van der Waals surface area (Å²) in [6, 6.07) is -2.14. The van der Waals surface area contributed by atoms with E-state index in [1.54, 1.807) is 0 Å².